The highest BCUT2D eigenvalue weighted by atomic mass is 35.5. The molecule has 2 heterocycles. The largest absolute Gasteiger partial charge is 0.478 e. The summed E-state index contributed by atoms with van der Waals surface area (Å²) in [6.07, 6.45) is 5.93. The zero-order chi connectivity index (χ0) is 28.9. The van der Waals surface area contributed by atoms with Gasteiger partial charge in [0, 0.05) is 42.3 Å². The maximum Gasteiger partial charge on any atom is 0.328 e. The smallest absolute Gasteiger partial charge is 0.328 e. The van der Waals surface area contributed by atoms with Gasteiger partial charge in [0.1, 0.15) is 16.7 Å². The van der Waals surface area contributed by atoms with Crippen LogP contribution in [0.2, 0.25) is 15.1 Å². The van der Waals surface area contributed by atoms with Gasteiger partial charge in [0.2, 0.25) is 5.91 Å². The van der Waals surface area contributed by atoms with Gasteiger partial charge in [0.05, 0.1) is 15.6 Å². The summed E-state index contributed by atoms with van der Waals surface area (Å²) >= 11 is 19.3. The molecule has 1 aliphatic carbocycles. The van der Waals surface area contributed by atoms with Crippen molar-refractivity contribution < 1.29 is 24.0 Å². The molecule has 8 nitrogen and oxygen atoms in total. The summed E-state index contributed by atoms with van der Waals surface area (Å²) in [5.74, 6) is -1.62. The fourth-order valence-electron chi connectivity index (χ4n) is 5.35. The van der Waals surface area contributed by atoms with Gasteiger partial charge in [-0.3, -0.25) is 14.2 Å². The van der Waals surface area contributed by atoms with Crippen molar-refractivity contribution in [2.45, 2.75) is 31.6 Å². The van der Waals surface area contributed by atoms with Crippen LogP contribution in [0.15, 0.2) is 47.1 Å². The number of amides is 1. The van der Waals surface area contributed by atoms with E-state index in [1.165, 1.54) is 27.7 Å². The van der Waals surface area contributed by atoms with E-state index < -0.39 is 17.3 Å². The van der Waals surface area contributed by atoms with Crippen LogP contribution in [-0.4, -0.2) is 51.6 Å². The predicted octanol–water partition coefficient (Wildman–Crippen LogP) is 6.86. The number of carbonyl (C=O) groups excluding carboxylic acids is 2. The molecule has 0 spiro atoms. The first kappa shape index (κ1) is 28.0. The fourth-order valence-corrected chi connectivity index (χ4v) is 6.35. The second kappa shape index (κ2) is 10.4. The third-order valence-corrected chi connectivity index (χ3v) is 8.10. The van der Waals surface area contributed by atoms with Crippen molar-refractivity contribution in [2.24, 2.45) is 0 Å². The number of carbonyl (C=O) groups is 3. The Morgan fingerprint density at radius 1 is 1.12 bits per heavy atom. The molecule has 0 unspecified atom stereocenters. The number of halogens is 3. The molecule has 11 heteroatoms. The minimum Gasteiger partial charge on any atom is -0.478 e. The van der Waals surface area contributed by atoms with Crippen LogP contribution in [0, 0.1) is 6.92 Å². The lowest BCUT2D eigenvalue weighted by Gasteiger charge is -2.40. The van der Waals surface area contributed by atoms with Gasteiger partial charge in [-0.25, -0.2) is 4.79 Å². The number of hydrogen-bond acceptors (Lipinski definition) is 5. The second-order valence-electron chi connectivity index (χ2n) is 10.0. The Hall–Kier alpha value is -3.59. The number of likely N-dealkylation sites (N-methyl/N-ethyl adjacent to an activating group) is 1. The average molecular weight is 601 g/mol. The van der Waals surface area contributed by atoms with Crippen LogP contribution in [0.3, 0.4) is 0 Å². The van der Waals surface area contributed by atoms with Gasteiger partial charge in [0.15, 0.2) is 5.76 Å². The van der Waals surface area contributed by atoms with E-state index in [0.29, 0.717) is 34.3 Å². The lowest BCUT2D eigenvalue weighted by Crippen LogP contribution is -2.49. The molecule has 0 saturated heterocycles. The number of aromatic nitrogens is 2. The maximum atomic E-state index is 14.5. The molecule has 1 aliphatic rings. The number of aryl methyl sites for hydroxylation is 1. The number of carboxylic acids is 1. The molecule has 4 aromatic rings. The Bertz CT molecular complexity index is 1710. The number of fused-ring (bicyclic) bond motifs is 1. The lowest BCUT2D eigenvalue weighted by molar-refractivity contribution is -0.139. The predicted molar refractivity (Wildman–Crippen MR) is 154 cm³/mol. The zero-order valence-corrected chi connectivity index (χ0v) is 24.1. The van der Waals surface area contributed by atoms with Crippen LogP contribution >= 0.6 is 34.8 Å². The highest BCUT2D eigenvalue weighted by Gasteiger charge is 2.53. The number of nitrogens with zero attached hydrogens (tertiary/aromatic N) is 3. The van der Waals surface area contributed by atoms with Gasteiger partial charge in [0.25, 0.3) is 5.91 Å². The Kier molecular flexibility index (Phi) is 7.29. The molecule has 2 aromatic heterocycles. The minimum atomic E-state index is -1.09. The summed E-state index contributed by atoms with van der Waals surface area (Å²) in [6, 6.07) is 8.25. The normalized spacial score (nSPS) is 14.4. The van der Waals surface area contributed by atoms with E-state index in [-0.39, 0.29) is 38.5 Å². The van der Waals surface area contributed by atoms with Crippen LogP contribution in [0.4, 0.5) is 0 Å². The molecule has 1 N–H and O–H groups in total. The van der Waals surface area contributed by atoms with E-state index >= 15 is 0 Å². The zero-order valence-electron chi connectivity index (χ0n) is 21.8. The van der Waals surface area contributed by atoms with E-state index in [2.05, 4.69) is 5.16 Å². The molecule has 1 fully saturated rings. The first-order valence-corrected chi connectivity index (χ1v) is 13.5. The molecule has 0 atom stereocenters. The molecular formula is C29H24Cl3N3O5. The van der Waals surface area contributed by atoms with E-state index in [4.69, 9.17) is 44.4 Å². The number of aliphatic carboxylic acids is 1. The second-order valence-corrected chi connectivity index (χ2v) is 11.3. The number of carboxylic acid groups (broad SMARTS) is 1. The summed E-state index contributed by atoms with van der Waals surface area (Å²) in [7, 11) is 3.31. The van der Waals surface area contributed by atoms with Crippen LogP contribution in [0.25, 0.3) is 28.2 Å². The molecular weight excluding hydrogens is 577 g/mol. The first-order chi connectivity index (χ1) is 19.0. The van der Waals surface area contributed by atoms with Crippen LogP contribution < -0.4 is 0 Å². The summed E-state index contributed by atoms with van der Waals surface area (Å²) in [4.78, 5) is 40.6. The number of hydrogen-bond donors (Lipinski definition) is 1. The van der Waals surface area contributed by atoms with E-state index in [1.807, 2.05) is 6.92 Å². The van der Waals surface area contributed by atoms with Crippen molar-refractivity contribution in [3.63, 3.8) is 0 Å². The molecule has 1 saturated carbocycles. The Balaban J connectivity index is 1.78. The van der Waals surface area contributed by atoms with Crippen molar-refractivity contribution in [1.82, 2.24) is 14.6 Å². The highest BCUT2D eigenvalue weighted by molar-refractivity contribution is 6.42. The Morgan fingerprint density at radius 3 is 2.38 bits per heavy atom. The van der Waals surface area contributed by atoms with Crippen LogP contribution in [-0.2, 0) is 15.0 Å². The fraction of sp³-hybridized carbons (Fsp3) is 0.241. The average Bonchev–Trinajstić information content (AvgIpc) is 3.43. The van der Waals surface area contributed by atoms with Crippen molar-refractivity contribution in [3.05, 3.63) is 80.1 Å². The molecule has 0 aliphatic heterocycles. The number of benzene rings is 2. The van der Waals surface area contributed by atoms with Gasteiger partial charge in [-0.2, -0.15) is 0 Å². The standard InChI is InChI=1S/C29H24Cl3N3O5/c1-15-14-35(20-7-4-6-16(22(15)20)8-9-21(36)37)27(38)24-25(23-18(31)12-17(30)13-19(23)32)33-40-26(24)29(10-5-11-29)28(39)34(2)3/h4,6-9,12-14H,5,10-11H2,1-3H3,(H,36,37)/b9-8+. The summed E-state index contributed by atoms with van der Waals surface area (Å²) in [5, 5.41) is 14.7. The van der Waals surface area contributed by atoms with Gasteiger partial charge in [-0.05, 0) is 55.2 Å². The molecule has 5 rings (SSSR count). The monoisotopic (exact) mass is 599 g/mol. The lowest BCUT2D eigenvalue weighted by atomic mass is 9.65. The molecule has 0 bridgehead atoms. The minimum absolute atomic E-state index is 0.0735. The quantitative estimate of drug-likeness (QED) is 0.242. The highest BCUT2D eigenvalue weighted by Crippen LogP contribution is 2.49. The number of rotatable bonds is 6. The maximum absolute atomic E-state index is 14.5. The van der Waals surface area contributed by atoms with E-state index in [1.54, 1.807) is 38.5 Å². The molecule has 1 amide bonds. The molecule has 206 valence electrons. The van der Waals surface area contributed by atoms with Crippen molar-refractivity contribution in [2.75, 3.05) is 14.1 Å². The first-order valence-electron chi connectivity index (χ1n) is 12.4. The van der Waals surface area contributed by atoms with Gasteiger partial charge >= 0.3 is 5.97 Å². The summed E-state index contributed by atoms with van der Waals surface area (Å²) in [6.45, 7) is 1.83. The molecule has 0 radical (unpaired) electrons. The molecule has 40 heavy (non-hydrogen) atoms. The Labute approximate surface area is 244 Å². The third-order valence-electron chi connectivity index (χ3n) is 7.28. The van der Waals surface area contributed by atoms with E-state index in [0.717, 1.165) is 18.1 Å². The Morgan fingerprint density at radius 2 is 1.80 bits per heavy atom. The van der Waals surface area contributed by atoms with Gasteiger partial charge in [-0.15, -0.1) is 0 Å². The molecule has 2 aromatic carbocycles. The van der Waals surface area contributed by atoms with Crippen LogP contribution in [0.1, 0.15) is 46.5 Å². The van der Waals surface area contributed by atoms with Crippen molar-refractivity contribution in [3.8, 4) is 11.3 Å². The SMILES string of the molecule is Cc1cn(C(=O)c2c(-c3c(Cl)cc(Cl)cc3Cl)noc2C2(C(=O)N(C)C)CCC2)c2cccc(/C=C/C(=O)O)c12. The van der Waals surface area contributed by atoms with E-state index in [9.17, 15) is 14.4 Å². The summed E-state index contributed by atoms with van der Waals surface area (Å²) in [5.41, 5.74) is 1.29. The topological polar surface area (TPSA) is 106 Å². The van der Waals surface area contributed by atoms with Gasteiger partial charge in [-0.1, -0.05) is 58.5 Å². The summed E-state index contributed by atoms with van der Waals surface area (Å²) < 4.78 is 7.31. The third kappa shape index (κ3) is 4.50. The van der Waals surface area contributed by atoms with Crippen molar-refractivity contribution >= 4 is 69.6 Å². The van der Waals surface area contributed by atoms with Crippen molar-refractivity contribution in [1.29, 1.82) is 0 Å². The van der Waals surface area contributed by atoms with Crippen LogP contribution in [0.5, 0.6) is 0 Å². The van der Waals surface area contributed by atoms with Gasteiger partial charge < -0.3 is 14.5 Å².